The Kier molecular flexibility index (Phi) is 14.9. The van der Waals surface area contributed by atoms with E-state index in [1.807, 2.05) is 103 Å². The molecule has 7 N–H and O–H groups in total. The molecule has 1 aliphatic carbocycles. The van der Waals surface area contributed by atoms with Crippen molar-refractivity contribution in [1.29, 1.82) is 0 Å². The Balaban J connectivity index is 1.54. The maximum atomic E-state index is 13.7. The van der Waals surface area contributed by atoms with Gasteiger partial charge in [-0.3, -0.25) is 28.7 Å². The molecule has 12 nitrogen and oxygen atoms in total. The van der Waals surface area contributed by atoms with E-state index in [0.717, 1.165) is 28.9 Å². The van der Waals surface area contributed by atoms with Crippen molar-refractivity contribution in [1.82, 2.24) is 30.9 Å². The smallest absolute Gasteiger partial charge is 0.256 e. The highest BCUT2D eigenvalue weighted by Gasteiger charge is 2.45. The second-order valence-corrected chi connectivity index (χ2v) is 16.8. The molecule has 2 aromatic rings. The van der Waals surface area contributed by atoms with Crippen LogP contribution in [-0.4, -0.2) is 79.7 Å². The highest BCUT2D eigenvalue weighted by molar-refractivity contribution is 7.98. The SMILES string of the molecule is CN[C@H](C(=O)NC(C(=O)N(C)C/C=C(\C)C(=O)NSc1ccc(C2(NC(=O)CNC(=O)C(N)C(C)C)CC2)cc1)C(C)(C)C)C(C)(C)c1ccccc1. The summed E-state index contributed by atoms with van der Waals surface area (Å²) in [6.07, 6.45) is 3.26. The number of carbonyl (C=O) groups is 5. The van der Waals surface area contributed by atoms with Gasteiger partial charge < -0.3 is 31.9 Å². The number of amides is 5. The molecule has 0 bridgehead atoms. The van der Waals surface area contributed by atoms with E-state index in [-0.39, 0.29) is 48.5 Å². The van der Waals surface area contributed by atoms with E-state index in [1.54, 1.807) is 27.1 Å². The normalized spacial score (nSPS) is 15.8. The fourth-order valence-corrected chi connectivity index (χ4v) is 6.59. The van der Waals surface area contributed by atoms with Crippen LogP contribution in [0.15, 0.2) is 71.1 Å². The van der Waals surface area contributed by atoms with E-state index in [2.05, 4.69) is 26.0 Å². The fourth-order valence-electron chi connectivity index (χ4n) is 5.94. The van der Waals surface area contributed by atoms with Gasteiger partial charge in [-0.15, -0.1) is 0 Å². The third-order valence-electron chi connectivity index (χ3n) is 9.84. The molecule has 0 saturated heterocycles. The van der Waals surface area contributed by atoms with E-state index in [9.17, 15) is 24.0 Å². The third kappa shape index (κ3) is 11.6. The second-order valence-electron chi connectivity index (χ2n) is 15.9. The number of hydrogen-bond donors (Lipinski definition) is 6. The molecule has 13 heteroatoms. The maximum Gasteiger partial charge on any atom is 0.256 e. The predicted octanol–water partition coefficient (Wildman–Crippen LogP) is 3.52. The van der Waals surface area contributed by atoms with E-state index >= 15 is 0 Å². The molecule has 2 aromatic carbocycles. The zero-order valence-corrected chi connectivity index (χ0v) is 33.7. The van der Waals surface area contributed by atoms with Crippen molar-refractivity contribution in [3.05, 3.63) is 77.4 Å². The zero-order chi connectivity index (χ0) is 39.7. The molecule has 1 saturated carbocycles. The predicted molar refractivity (Wildman–Crippen MR) is 210 cm³/mol. The number of benzene rings is 2. The summed E-state index contributed by atoms with van der Waals surface area (Å²) >= 11 is 1.17. The van der Waals surface area contributed by atoms with Gasteiger partial charge in [-0.2, -0.15) is 0 Å². The molecule has 53 heavy (non-hydrogen) atoms. The highest BCUT2D eigenvalue weighted by Crippen LogP contribution is 2.45. The Bertz CT molecular complexity index is 1630. The number of nitrogens with zero attached hydrogens (tertiary/aromatic N) is 1. The summed E-state index contributed by atoms with van der Waals surface area (Å²) in [6.45, 7) is 15.1. The molecule has 1 fully saturated rings. The minimum Gasteiger partial charge on any atom is -0.346 e. The molecule has 1 aliphatic rings. The van der Waals surface area contributed by atoms with Gasteiger partial charge >= 0.3 is 0 Å². The van der Waals surface area contributed by atoms with Crippen LogP contribution in [0.25, 0.3) is 0 Å². The molecule has 5 amide bonds. The molecule has 3 rings (SSSR count). The molecule has 0 aliphatic heterocycles. The van der Waals surface area contributed by atoms with Gasteiger partial charge in [0.1, 0.15) is 6.04 Å². The van der Waals surface area contributed by atoms with E-state index in [0.29, 0.717) is 5.57 Å². The van der Waals surface area contributed by atoms with Crippen LogP contribution in [-0.2, 0) is 34.9 Å². The number of likely N-dealkylation sites (N-methyl/N-ethyl adjacent to an activating group) is 2. The Morgan fingerprint density at radius 3 is 2.06 bits per heavy atom. The molecular formula is C40H59N7O5S. The Labute approximate surface area is 319 Å². The van der Waals surface area contributed by atoms with Crippen molar-refractivity contribution >= 4 is 41.5 Å². The first-order chi connectivity index (χ1) is 24.7. The van der Waals surface area contributed by atoms with Crippen LogP contribution >= 0.6 is 11.9 Å². The Hall–Kier alpha value is -4.20. The standard InChI is InChI=1S/C40H59N7O5S/c1-25(2)31(41)35(50)43-24-30(48)45-40(21-22-40)28-16-18-29(19-17-28)53-46-34(49)26(3)20-23-47(10)37(52)33(38(4,5)6)44-36(51)32(42-9)39(7,8)27-14-12-11-13-15-27/h11-20,25,31-33,42H,21-24,41H2,1-10H3,(H,43,50)(H,44,51)(H,45,48)(H,46,49)/b26-20+/t31?,32-,33?/m1/s1. The molecule has 0 heterocycles. The molecule has 290 valence electrons. The van der Waals surface area contributed by atoms with Crippen LogP contribution in [0.3, 0.4) is 0 Å². The van der Waals surface area contributed by atoms with Crippen LogP contribution in [0, 0.1) is 11.3 Å². The van der Waals surface area contributed by atoms with Gasteiger partial charge in [0, 0.05) is 29.5 Å². The van der Waals surface area contributed by atoms with Crippen molar-refractivity contribution in [3.63, 3.8) is 0 Å². The van der Waals surface area contributed by atoms with E-state index in [4.69, 9.17) is 5.73 Å². The van der Waals surface area contributed by atoms with Crippen molar-refractivity contribution in [2.45, 2.75) is 102 Å². The summed E-state index contributed by atoms with van der Waals surface area (Å²) in [6, 6.07) is 15.3. The molecule has 0 spiro atoms. The van der Waals surface area contributed by atoms with Crippen LogP contribution in [0.5, 0.6) is 0 Å². The van der Waals surface area contributed by atoms with Gasteiger partial charge in [0.15, 0.2) is 0 Å². The lowest BCUT2D eigenvalue weighted by Crippen LogP contribution is -2.60. The number of rotatable bonds is 17. The van der Waals surface area contributed by atoms with Gasteiger partial charge in [0.2, 0.25) is 23.6 Å². The lowest BCUT2D eigenvalue weighted by atomic mass is 9.76. The Morgan fingerprint density at radius 2 is 1.53 bits per heavy atom. The average molecular weight is 750 g/mol. The van der Waals surface area contributed by atoms with E-state index < -0.39 is 34.5 Å². The van der Waals surface area contributed by atoms with E-state index in [1.165, 1.54) is 16.8 Å². The fraction of sp³-hybridized carbons (Fsp3) is 0.525. The second kappa shape index (κ2) is 18.2. The van der Waals surface area contributed by atoms with Crippen LogP contribution in [0.2, 0.25) is 0 Å². The van der Waals surface area contributed by atoms with Crippen molar-refractivity contribution in [3.8, 4) is 0 Å². The highest BCUT2D eigenvalue weighted by atomic mass is 32.2. The topological polar surface area (TPSA) is 175 Å². The monoisotopic (exact) mass is 749 g/mol. The van der Waals surface area contributed by atoms with Crippen LogP contribution < -0.4 is 31.7 Å². The van der Waals surface area contributed by atoms with Crippen LogP contribution in [0.4, 0.5) is 0 Å². The number of nitrogens with two attached hydrogens (primary N) is 1. The van der Waals surface area contributed by atoms with Gasteiger partial charge in [0.25, 0.3) is 5.91 Å². The maximum absolute atomic E-state index is 13.7. The number of hydrogen-bond acceptors (Lipinski definition) is 8. The van der Waals surface area contributed by atoms with Crippen molar-refractivity contribution < 1.29 is 24.0 Å². The first kappa shape index (κ1) is 43.2. The van der Waals surface area contributed by atoms with Crippen LogP contribution in [0.1, 0.15) is 79.4 Å². The quantitative estimate of drug-likeness (QED) is 0.105. The van der Waals surface area contributed by atoms with Gasteiger partial charge in [0.05, 0.1) is 24.2 Å². The largest absolute Gasteiger partial charge is 0.346 e. The summed E-state index contributed by atoms with van der Waals surface area (Å²) < 4.78 is 2.84. The summed E-state index contributed by atoms with van der Waals surface area (Å²) in [5, 5.41) is 11.8. The zero-order valence-electron chi connectivity index (χ0n) is 32.9. The average Bonchev–Trinajstić information content (AvgIpc) is 3.90. The summed E-state index contributed by atoms with van der Waals surface area (Å²) in [7, 11) is 3.40. The lowest BCUT2D eigenvalue weighted by Gasteiger charge is -2.38. The van der Waals surface area contributed by atoms with Gasteiger partial charge in [-0.1, -0.05) is 97.0 Å². The van der Waals surface area contributed by atoms with Crippen molar-refractivity contribution in [2.24, 2.45) is 17.1 Å². The molecule has 3 atom stereocenters. The minimum absolute atomic E-state index is 0.0315. The molecule has 2 unspecified atom stereocenters. The summed E-state index contributed by atoms with van der Waals surface area (Å²) in [5.74, 6) is -1.50. The first-order valence-electron chi connectivity index (χ1n) is 18.1. The summed E-state index contributed by atoms with van der Waals surface area (Å²) in [5.41, 5.74) is 6.64. The van der Waals surface area contributed by atoms with Gasteiger partial charge in [-0.05, 0) is 73.4 Å². The molecule has 0 radical (unpaired) electrons. The number of carbonyl (C=O) groups excluding carboxylic acids is 5. The van der Waals surface area contributed by atoms with Gasteiger partial charge in [-0.25, -0.2) is 0 Å². The first-order valence-corrected chi connectivity index (χ1v) is 18.9. The lowest BCUT2D eigenvalue weighted by molar-refractivity contribution is -0.139. The molecule has 0 aromatic heterocycles. The Morgan fingerprint density at radius 1 is 0.925 bits per heavy atom. The third-order valence-corrected chi connectivity index (χ3v) is 10.6. The summed E-state index contributed by atoms with van der Waals surface area (Å²) in [4.78, 5) is 67.4. The molecular weight excluding hydrogens is 691 g/mol. The van der Waals surface area contributed by atoms with Crippen molar-refractivity contribution in [2.75, 3.05) is 27.2 Å². The minimum atomic E-state index is -0.805. The number of nitrogens with one attached hydrogen (secondary N) is 5.